The van der Waals surface area contributed by atoms with Crippen LogP contribution >= 0.6 is 0 Å². The van der Waals surface area contributed by atoms with Crippen LogP contribution in [0.3, 0.4) is 0 Å². The topological polar surface area (TPSA) is 72.2 Å². The summed E-state index contributed by atoms with van der Waals surface area (Å²) in [6.07, 6.45) is 14.9. The molecule has 19 heavy (non-hydrogen) atoms. The summed E-state index contributed by atoms with van der Waals surface area (Å²) in [6.45, 7) is 1.98. The van der Waals surface area contributed by atoms with Crippen LogP contribution in [0.25, 0.3) is 0 Å². The highest BCUT2D eigenvalue weighted by molar-refractivity contribution is 4.50. The van der Waals surface area contributed by atoms with Crippen LogP contribution in [0.15, 0.2) is 0 Å². The van der Waals surface area contributed by atoms with E-state index in [-0.39, 0.29) is 0 Å². The van der Waals surface area contributed by atoms with Crippen LogP contribution < -0.4 is 33.0 Å². The second-order valence-electron chi connectivity index (χ2n) is 5.24. The van der Waals surface area contributed by atoms with Crippen molar-refractivity contribution in [3.63, 3.8) is 0 Å². The fraction of sp³-hybridized carbons (Fsp3) is 1.00. The molecule has 1 saturated heterocycles. The normalized spacial score (nSPS) is 24.0. The second kappa shape index (κ2) is 14.2. The van der Waals surface area contributed by atoms with E-state index >= 15 is 0 Å². The van der Waals surface area contributed by atoms with Crippen molar-refractivity contribution in [2.45, 2.75) is 70.6 Å². The van der Waals surface area contributed by atoms with Crippen LogP contribution in [-0.2, 0) is 0 Å². The monoisotopic (exact) mass is 272 g/mol. The minimum atomic E-state index is 0.988. The molecule has 0 amide bonds. The van der Waals surface area contributed by atoms with Gasteiger partial charge in [-0.25, -0.2) is 10.9 Å². The van der Waals surface area contributed by atoms with E-state index in [1.54, 1.807) is 0 Å². The predicted octanol–water partition coefficient (Wildman–Crippen LogP) is 1.40. The third-order valence-corrected chi connectivity index (χ3v) is 3.47. The minimum absolute atomic E-state index is 0.988. The van der Waals surface area contributed by atoms with Gasteiger partial charge in [-0.1, -0.05) is 57.8 Å². The second-order valence-corrected chi connectivity index (χ2v) is 5.24. The molecule has 1 heterocycles. The van der Waals surface area contributed by atoms with Gasteiger partial charge in [0.05, 0.1) is 0 Å². The molecule has 1 aliphatic rings. The number of hydrogen-bond donors (Lipinski definition) is 6. The lowest BCUT2D eigenvalue weighted by Gasteiger charge is -2.11. The Bertz CT molecular complexity index is 97.8. The maximum atomic E-state index is 3.11. The molecule has 0 radical (unpaired) electrons. The first kappa shape index (κ1) is 16.8. The van der Waals surface area contributed by atoms with Gasteiger partial charge in [0.2, 0.25) is 0 Å². The van der Waals surface area contributed by atoms with Crippen LogP contribution in [-0.4, -0.2) is 13.1 Å². The van der Waals surface area contributed by atoms with Gasteiger partial charge in [0.25, 0.3) is 0 Å². The van der Waals surface area contributed by atoms with E-state index in [1.165, 1.54) is 70.6 Å². The Morgan fingerprint density at radius 1 is 0.316 bits per heavy atom. The van der Waals surface area contributed by atoms with E-state index in [9.17, 15) is 0 Å². The first-order valence-electron chi connectivity index (χ1n) is 7.96. The Labute approximate surface area is 117 Å². The van der Waals surface area contributed by atoms with Gasteiger partial charge in [-0.3, -0.25) is 0 Å². The van der Waals surface area contributed by atoms with E-state index in [2.05, 4.69) is 33.0 Å². The highest BCUT2D eigenvalue weighted by atomic mass is 15.8. The first-order chi connectivity index (χ1) is 9.50. The molecule has 0 aromatic rings. The molecule has 0 aromatic heterocycles. The van der Waals surface area contributed by atoms with Gasteiger partial charge in [-0.05, 0) is 12.8 Å². The van der Waals surface area contributed by atoms with Crippen molar-refractivity contribution in [2.24, 2.45) is 0 Å². The molecule has 0 aromatic carbocycles. The molecule has 1 aliphatic heterocycles. The van der Waals surface area contributed by atoms with E-state index in [0.717, 1.165) is 13.1 Å². The maximum absolute atomic E-state index is 3.11. The largest absolute Gasteiger partial charge is 0.243 e. The standard InChI is InChI=1S/C13H32N6/c1-2-4-6-8-10-12-14-16-18-19-17-15-13-11-9-7-5-3-1/h14-19H,1-13H2. The van der Waals surface area contributed by atoms with Crippen LogP contribution in [0.5, 0.6) is 0 Å². The molecule has 6 nitrogen and oxygen atoms in total. The number of nitrogens with one attached hydrogen (secondary N) is 6. The van der Waals surface area contributed by atoms with Crippen molar-refractivity contribution in [3.8, 4) is 0 Å². The Hall–Kier alpha value is -0.240. The Morgan fingerprint density at radius 2 is 0.632 bits per heavy atom. The predicted molar refractivity (Wildman–Crippen MR) is 79.3 cm³/mol. The summed E-state index contributed by atoms with van der Waals surface area (Å²) in [7, 11) is 0. The summed E-state index contributed by atoms with van der Waals surface area (Å²) in [5, 5.41) is 0. The molecular formula is C13H32N6. The molecule has 0 spiro atoms. The van der Waals surface area contributed by atoms with Crippen molar-refractivity contribution in [1.29, 1.82) is 0 Å². The molecule has 114 valence electrons. The first-order valence-corrected chi connectivity index (χ1v) is 7.96. The smallest absolute Gasteiger partial charge is 0.0113 e. The molecule has 0 atom stereocenters. The van der Waals surface area contributed by atoms with Crippen molar-refractivity contribution >= 4 is 0 Å². The van der Waals surface area contributed by atoms with E-state index in [4.69, 9.17) is 0 Å². The molecular weight excluding hydrogens is 240 g/mol. The molecule has 0 unspecified atom stereocenters. The summed E-state index contributed by atoms with van der Waals surface area (Å²) in [6, 6.07) is 0. The van der Waals surface area contributed by atoms with Gasteiger partial charge in [0.1, 0.15) is 0 Å². The quantitative estimate of drug-likeness (QED) is 0.401. The average Bonchev–Trinajstić information content (AvgIpc) is 2.43. The molecule has 0 bridgehead atoms. The average molecular weight is 272 g/mol. The number of hydrogen-bond acceptors (Lipinski definition) is 6. The SMILES string of the molecule is C1CCCCCCNNNNNNCCCCCC1. The van der Waals surface area contributed by atoms with Gasteiger partial charge in [0, 0.05) is 13.1 Å². The highest BCUT2D eigenvalue weighted by Gasteiger charge is 1.94. The summed E-state index contributed by atoms with van der Waals surface area (Å²) >= 11 is 0. The highest BCUT2D eigenvalue weighted by Crippen LogP contribution is 2.10. The summed E-state index contributed by atoms with van der Waals surface area (Å²) in [4.78, 5) is 0. The van der Waals surface area contributed by atoms with E-state index in [0.29, 0.717) is 0 Å². The van der Waals surface area contributed by atoms with Gasteiger partial charge < -0.3 is 0 Å². The molecule has 1 fully saturated rings. The lowest BCUT2D eigenvalue weighted by Crippen LogP contribution is -2.58. The van der Waals surface area contributed by atoms with Crippen LogP contribution in [0, 0.1) is 0 Å². The molecule has 0 saturated carbocycles. The Kier molecular flexibility index (Phi) is 12.5. The Balaban J connectivity index is 2.01. The van der Waals surface area contributed by atoms with Gasteiger partial charge >= 0.3 is 0 Å². The van der Waals surface area contributed by atoms with Gasteiger partial charge in [0.15, 0.2) is 0 Å². The minimum Gasteiger partial charge on any atom is -0.243 e. The molecule has 6 N–H and O–H groups in total. The molecule has 1 rings (SSSR count). The van der Waals surface area contributed by atoms with E-state index < -0.39 is 0 Å². The van der Waals surface area contributed by atoms with Crippen molar-refractivity contribution < 1.29 is 0 Å². The number of hydrazine groups is 5. The molecule has 6 heteroatoms. The fourth-order valence-electron chi connectivity index (χ4n) is 2.29. The van der Waals surface area contributed by atoms with Gasteiger partial charge in [-0.2, -0.15) is 22.1 Å². The zero-order valence-corrected chi connectivity index (χ0v) is 12.2. The van der Waals surface area contributed by atoms with E-state index in [1.807, 2.05) is 0 Å². The summed E-state index contributed by atoms with van der Waals surface area (Å²) in [5.41, 5.74) is 17.6. The van der Waals surface area contributed by atoms with Crippen LogP contribution in [0.2, 0.25) is 0 Å². The lowest BCUT2D eigenvalue weighted by molar-refractivity contribution is 0.292. The zero-order valence-electron chi connectivity index (χ0n) is 12.2. The van der Waals surface area contributed by atoms with Crippen LogP contribution in [0.1, 0.15) is 70.6 Å². The molecule has 0 aliphatic carbocycles. The summed E-state index contributed by atoms with van der Waals surface area (Å²) in [5.74, 6) is 0. The third kappa shape index (κ3) is 12.5. The van der Waals surface area contributed by atoms with Gasteiger partial charge in [-0.15, -0.1) is 0 Å². The third-order valence-electron chi connectivity index (χ3n) is 3.47. The van der Waals surface area contributed by atoms with Crippen molar-refractivity contribution in [3.05, 3.63) is 0 Å². The maximum Gasteiger partial charge on any atom is 0.0113 e. The van der Waals surface area contributed by atoms with Crippen molar-refractivity contribution in [2.75, 3.05) is 13.1 Å². The van der Waals surface area contributed by atoms with Crippen molar-refractivity contribution in [1.82, 2.24) is 33.0 Å². The Morgan fingerprint density at radius 3 is 1.00 bits per heavy atom. The lowest BCUT2D eigenvalue weighted by atomic mass is 10.1. The summed E-state index contributed by atoms with van der Waals surface area (Å²) < 4.78 is 0. The van der Waals surface area contributed by atoms with Crippen LogP contribution in [0.4, 0.5) is 0 Å². The zero-order chi connectivity index (χ0) is 13.4. The fourth-order valence-corrected chi connectivity index (χ4v) is 2.29. The number of rotatable bonds is 0.